The van der Waals surface area contributed by atoms with E-state index in [1.165, 1.54) is 55.6 Å². The average molecular weight is 438 g/mol. The summed E-state index contributed by atoms with van der Waals surface area (Å²) in [5.41, 5.74) is 3.96. The average Bonchev–Trinajstić information content (AvgIpc) is 3.25. The number of hydrogen-bond acceptors (Lipinski definition) is 4. The molecule has 2 aromatic rings. The summed E-state index contributed by atoms with van der Waals surface area (Å²) in [5, 5.41) is 11.6. The van der Waals surface area contributed by atoms with Crippen LogP contribution in [0.15, 0.2) is 41.7 Å². The van der Waals surface area contributed by atoms with Crippen molar-refractivity contribution in [3.63, 3.8) is 0 Å². The molecule has 3 heterocycles. The minimum atomic E-state index is 0.409. The Kier molecular flexibility index (Phi) is 7.68. The van der Waals surface area contributed by atoms with Gasteiger partial charge in [-0.05, 0) is 57.2 Å². The van der Waals surface area contributed by atoms with Gasteiger partial charge >= 0.3 is 0 Å². The summed E-state index contributed by atoms with van der Waals surface area (Å²) in [6.45, 7) is 8.65. The standard InChI is InChI=1S/C25H39N7/c1-20-6-8-22(9-7-20)17-31-13-10-21(11-14-31)15-27-25(26-2)29-23-5-4-12-32(18-23)24-16-28-30(3)19-24/h6-9,16,19,21,23H,4-5,10-15,17-18H2,1-3H3,(H2,26,27,29). The van der Waals surface area contributed by atoms with Gasteiger partial charge in [0.25, 0.3) is 0 Å². The molecule has 2 aliphatic rings. The molecule has 2 fully saturated rings. The highest BCUT2D eigenvalue weighted by atomic mass is 15.3. The second kappa shape index (κ2) is 10.9. The van der Waals surface area contributed by atoms with Crippen molar-refractivity contribution in [3.8, 4) is 0 Å². The van der Waals surface area contributed by atoms with E-state index in [9.17, 15) is 0 Å². The number of nitrogens with zero attached hydrogens (tertiary/aromatic N) is 5. The van der Waals surface area contributed by atoms with Gasteiger partial charge in [0.1, 0.15) is 0 Å². The lowest BCUT2D eigenvalue weighted by atomic mass is 9.96. The van der Waals surface area contributed by atoms with Gasteiger partial charge in [0, 0.05) is 52.5 Å². The number of aliphatic imine (C=N–C) groups is 1. The van der Waals surface area contributed by atoms with E-state index in [-0.39, 0.29) is 0 Å². The molecule has 7 heteroatoms. The summed E-state index contributed by atoms with van der Waals surface area (Å²) >= 11 is 0. The van der Waals surface area contributed by atoms with Crippen LogP contribution in [-0.2, 0) is 13.6 Å². The molecule has 1 aromatic carbocycles. The normalized spacial score (nSPS) is 21.0. The minimum Gasteiger partial charge on any atom is -0.367 e. The fourth-order valence-corrected chi connectivity index (χ4v) is 4.83. The van der Waals surface area contributed by atoms with Crippen molar-refractivity contribution >= 4 is 11.6 Å². The SMILES string of the molecule is CN=C(NCC1CCN(Cc2ccc(C)cc2)CC1)NC1CCCN(c2cnn(C)c2)C1. The van der Waals surface area contributed by atoms with Gasteiger partial charge in [0.15, 0.2) is 5.96 Å². The van der Waals surface area contributed by atoms with Crippen LogP contribution in [0.4, 0.5) is 5.69 Å². The van der Waals surface area contributed by atoms with E-state index in [1.54, 1.807) is 0 Å². The molecule has 0 amide bonds. The first-order valence-electron chi connectivity index (χ1n) is 12.1. The van der Waals surface area contributed by atoms with Gasteiger partial charge < -0.3 is 15.5 Å². The molecule has 32 heavy (non-hydrogen) atoms. The zero-order valence-corrected chi connectivity index (χ0v) is 19.9. The van der Waals surface area contributed by atoms with Crippen LogP contribution in [0, 0.1) is 12.8 Å². The third-order valence-electron chi connectivity index (χ3n) is 6.83. The zero-order chi connectivity index (χ0) is 22.3. The van der Waals surface area contributed by atoms with Gasteiger partial charge in [-0.15, -0.1) is 0 Å². The molecule has 7 nitrogen and oxygen atoms in total. The molecular formula is C25H39N7. The maximum absolute atomic E-state index is 4.50. The summed E-state index contributed by atoms with van der Waals surface area (Å²) in [6, 6.07) is 9.37. The monoisotopic (exact) mass is 437 g/mol. The zero-order valence-electron chi connectivity index (χ0n) is 19.9. The van der Waals surface area contributed by atoms with Crippen LogP contribution in [0.3, 0.4) is 0 Å². The maximum Gasteiger partial charge on any atom is 0.191 e. The topological polar surface area (TPSA) is 60.7 Å². The number of nitrogens with one attached hydrogen (secondary N) is 2. The van der Waals surface area contributed by atoms with E-state index in [2.05, 4.69) is 67.9 Å². The highest BCUT2D eigenvalue weighted by molar-refractivity contribution is 5.80. The van der Waals surface area contributed by atoms with Crippen molar-refractivity contribution < 1.29 is 0 Å². The largest absolute Gasteiger partial charge is 0.367 e. The quantitative estimate of drug-likeness (QED) is 0.538. The molecule has 2 aliphatic heterocycles. The van der Waals surface area contributed by atoms with Crippen LogP contribution in [0.2, 0.25) is 0 Å². The molecule has 0 aliphatic carbocycles. The summed E-state index contributed by atoms with van der Waals surface area (Å²) < 4.78 is 1.87. The van der Waals surface area contributed by atoms with E-state index in [0.29, 0.717) is 12.0 Å². The van der Waals surface area contributed by atoms with Crippen molar-refractivity contribution in [3.05, 3.63) is 47.8 Å². The van der Waals surface area contributed by atoms with Crippen molar-refractivity contribution in [1.82, 2.24) is 25.3 Å². The first kappa shape index (κ1) is 22.6. The molecule has 0 radical (unpaired) electrons. The third kappa shape index (κ3) is 6.25. The summed E-state index contributed by atoms with van der Waals surface area (Å²) in [6.07, 6.45) is 8.90. The molecule has 2 saturated heterocycles. The summed E-state index contributed by atoms with van der Waals surface area (Å²) in [7, 11) is 3.85. The van der Waals surface area contributed by atoms with Crippen LogP contribution in [0.25, 0.3) is 0 Å². The van der Waals surface area contributed by atoms with Crippen LogP contribution < -0.4 is 15.5 Å². The molecule has 1 atom stereocenters. The lowest BCUT2D eigenvalue weighted by Crippen LogP contribution is -2.52. The maximum atomic E-state index is 4.50. The van der Waals surface area contributed by atoms with Gasteiger partial charge in [-0.1, -0.05) is 29.8 Å². The Morgan fingerprint density at radius 2 is 1.91 bits per heavy atom. The second-order valence-electron chi connectivity index (χ2n) is 9.46. The number of guanidine groups is 1. The second-order valence-corrected chi connectivity index (χ2v) is 9.46. The Hall–Kier alpha value is -2.54. The van der Waals surface area contributed by atoms with E-state index in [4.69, 9.17) is 0 Å². The number of anilines is 1. The first-order chi connectivity index (χ1) is 15.6. The van der Waals surface area contributed by atoms with Crippen LogP contribution in [0.5, 0.6) is 0 Å². The Bertz CT molecular complexity index is 865. The van der Waals surface area contributed by atoms with Crippen molar-refractivity contribution in [1.29, 1.82) is 0 Å². The number of hydrogen-bond donors (Lipinski definition) is 2. The number of rotatable bonds is 6. The Balaban J connectivity index is 1.18. The third-order valence-corrected chi connectivity index (χ3v) is 6.83. The highest BCUT2D eigenvalue weighted by Crippen LogP contribution is 2.20. The molecule has 2 N–H and O–H groups in total. The van der Waals surface area contributed by atoms with E-state index < -0.39 is 0 Å². The molecular weight excluding hydrogens is 398 g/mol. The Labute approximate surface area is 192 Å². The van der Waals surface area contributed by atoms with Gasteiger partial charge in [-0.3, -0.25) is 14.6 Å². The van der Waals surface area contributed by atoms with Crippen molar-refractivity contribution in [2.24, 2.45) is 18.0 Å². The molecule has 1 aromatic heterocycles. The van der Waals surface area contributed by atoms with Gasteiger partial charge in [0.05, 0.1) is 11.9 Å². The number of aryl methyl sites for hydroxylation is 2. The molecule has 0 bridgehead atoms. The number of piperidine rings is 2. The molecule has 1 unspecified atom stereocenters. The lowest BCUT2D eigenvalue weighted by Gasteiger charge is -2.35. The van der Waals surface area contributed by atoms with Gasteiger partial charge in [0.2, 0.25) is 0 Å². The lowest BCUT2D eigenvalue weighted by molar-refractivity contribution is 0.178. The van der Waals surface area contributed by atoms with E-state index in [1.807, 2.05) is 25.0 Å². The molecule has 0 spiro atoms. The van der Waals surface area contributed by atoms with Crippen LogP contribution in [0.1, 0.15) is 36.8 Å². The summed E-state index contributed by atoms with van der Waals surface area (Å²) in [4.78, 5) is 9.50. The highest BCUT2D eigenvalue weighted by Gasteiger charge is 2.23. The predicted molar refractivity (Wildman–Crippen MR) is 132 cm³/mol. The molecule has 4 rings (SSSR count). The first-order valence-corrected chi connectivity index (χ1v) is 12.1. The van der Waals surface area contributed by atoms with Crippen LogP contribution >= 0.6 is 0 Å². The Morgan fingerprint density at radius 3 is 2.59 bits per heavy atom. The molecule has 0 saturated carbocycles. The van der Waals surface area contributed by atoms with Gasteiger partial charge in [-0.2, -0.15) is 5.10 Å². The van der Waals surface area contributed by atoms with Crippen LogP contribution in [-0.4, -0.2) is 66.5 Å². The van der Waals surface area contributed by atoms with E-state index >= 15 is 0 Å². The summed E-state index contributed by atoms with van der Waals surface area (Å²) in [5.74, 6) is 1.64. The molecule has 174 valence electrons. The minimum absolute atomic E-state index is 0.409. The number of likely N-dealkylation sites (tertiary alicyclic amines) is 1. The predicted octanol–water partition coefficient (Wildman–Crippen LogP) is 2.77. The van der Waals surface area contributed by atoms with Crippen molar-refractivity contribution in [2.45, 2.75) is 45.2 Å². The van der Waals surface area contributed by atoms with E-state index in [0.717, 1.165) is 32.1 Å². The number of aromatic nitrogens is 2. The smallest absolute Gasteiger partial charge is 0.191 e. The van der Waals surface area contributed by atoms with Gasteiger partial charge in [-0.25, -0.2) is 0 Å². The Morgan fingerprint density at radius 1 is 1.12 bits per heavy atom. The van der Waals surface area contributed by atoms with Crippen molar-refractivity contribution in [2.75, 3.05) is 44.7 Å². The fraction of sp³-hybridized carbons (Fsp3) is 0.600. The fourth-order valence-electron chi connectivity index (χ4n) is 4.83. The number of benzene rings is 1.